The van der Waals surface area contributed by atoms with E-state index in [4.69, 9.17) is 11.6 Å². The van der Waals surface area contributed by atoms with Crippen LogP contribution in [0.15, 0.2) is 48.7 Å². The van der Waals surface area contributed by atoms with E-state index in [9.17, 15) is 23.5 Å². The second-order valence-corrected chi connectivity index (χ2v) is 8.28. The highest BCUT2D eigenvalue weighted by Gasteiger charge is 2.48. The first-order chi connectivity index (χ1) is 14.2. The molecule has 2 heterocycles. The number of likely N-dealkylation sites (tertiary alicyclic amines) is 1. The van der Waals surface area contributed by atoms with Gasteiger partial charge >= 0.3 is 5.97 Å². The van der Waals surface area contributed by atoms with E-state index in [1.165, 1.54) is 11.1 Å². The molecule has 0 radical (unpaired) electrons. The van der Waals surface area contributed by atoms with Crippen LogP contribution in [0.4, 0.5) is 8.78 Å². The number of nitrogens with zero attached hydrogens (tertiary/aromatic N) is 2. The molecule has 1 aliphatic rings. The number of pyridine rings is 1. The van der Waals surface area contributed by atoms with Crippen LogP contribution in [0.3, 0.4) is 0 Å². The van der Waals surface area contributed by atoms with Crippen LogP contribution in [0, 0.1) is 5.41 Å². The van der Waals surface area contributed by atoms with E-state index in [1.54, 1.807) is 49.4 Å². The molecule has 1 aliphatic heterocycles. The summed E-state index contributed by atoms with van der Waals surface area (Å²) in [7, 11) is 0. The molecule has 3 atom stereocenters. The zero-order valence-corrected chi connectivity index (χ0v) is 17.2. The van der Waals surface area contributed by atoms with Crippen LogP contribution >= 0.6 is 11.6 Å². The molecule has 1 aromatic heterocycles. The predicted octanol–water partition coefficient (Wildman–Crippen LogP) is 5.28. The van der Waals surface area contributed by atoms with Gasteiger partial charge in [-0.1, -0.05) is 36.7 Å². The average Bonchev–Trinajstić information content (AvgIpc) is 2.69. The Labute approximate surface area is 178 Å². The average molecular weight is 437 g/mol. The Morgan fingerprint density at radius 3 is 2.57 bits per heavy atom. The van der Waals surface area contributed by atoms with Crippen molar-refractivity contribution in [3.05, 3.63) is 64.9 Å². The van der Waals surface area contributed by atoms with Crippen molar-refractivity contribution in [1.29, 1.82) is 0 Å². The topological polar surface area (TPSA) is 70.5 Å². The fraction of sp³-hybridized carbons (Fsp3) is 0.409. The molecular weight excluding hydrogens is 414 g/mol. The summed E-state index contributed by atoms with van der Waals surface area (Å²) in [6, 6.07) is 10.4. The minimum Gasteiger partial charge on any atom is -0.481 e. The third-order valence-electron chi connectivity index (χ3n) is 5.62. The lowest BCUT2D eigenvalue weighted by Gasteiger charge is -2.47. The SMILES string of the molecule is C[C@]1(CC(=O)O)CCC(c2ccc(Cl)cc2)N([C@@H](CC(F)F)c2ccccn2)C1=O. The van der Waals surface area contributed by atoms with Crippen molar-refractivity contribution in [3.63, 3.8) is 0 Å². The Bertz CT molecular complexity index is 895. The first-order valence-electron chi connectivity index (χ1n) is 9.70. The van der Waals surface area contributed by atoms with E-state index in [2.05, 4.69) is 4.98 Å². The zero-order chi connectivity index (χ0) is 21.9. The van der Waals surface area contributed by atoms with Crippen molar-refractivity contribution in [3.8, 4) is 0 Å². The number of aromatic nitrogens is 1. The Morgan fingerprint density at radius 1 is 1.30 bits per heavy atom. The summed E-state index contributed by atoms with van der Waals surface area (Å²) >= 11 is 5.99. The number of hydrogen-bond donors (Lipinski definition) is 1. The molecule has 0 saturated carbocycles. The van der Waals surface area contributed by atoms with E-state index in [0.29, 0.717) is 23.6 Å². The summed E-state index contributed by atoms with van der Waals surface area (Å²) < 4.78 is 27.1. The number of hydrogen-bond acceptors (Lipinski definition) is 3. The number of alkyl halides is 2. The quantitative estimate of drug-likeness (QED) is 0.641. The normalized spacial score (nSPS) is 22.9. The zero-order valence-electron chi connectivity index (χ0n) is 16.5. The maximum atomic E-state index is 13.6. The first kappa shape index (κ1) is 22.2. The highest BCUT2D eigenvalue weighted by molar-refractivity contribution is 6.30. The van der Waals surface area contributed by atoms with Gasteiger partial charge in [-0.2, -0.15) is 0 Å². The molecule has 1 unspecified atom stereocenters. The van der Waals surface area contributed by atoms with Gasteiger partial charge < -0.3 is 10.0 Å². The summed E-state index contributed by atoms with van der Waals surface area (Å²) in [5, 5.41) is 9.86. The molecule has 2 aromatic rings. The smallest absolute Gasteiger partial charge is 0.304 e. The van der Waals surface area contributed by atoms with Crippen LogP contribution < -0.4 is 0 Å². The number of carbonyl (C=O) groups excluding carboxylic acids is 1. The van der Waals surface area contributed by atoms with E-state index in [-0.39, 0.29) is 6.42 Å². The maximum Gasteiger partial charge on any atom is 0.304 e. The number of rotatable bonds is 7. The van der Waals surface area contributed by atoms with Gasteiger partial charge in [0.25, 0.3) is 0 Å². The number of amides is 1. The monoisotopic (exact) mass is 436 g/mol. The Balaban J connectivity index is 2.09. The number of carboxylic acids is 1. The molecule has 0 aliphatic carbocycles. The minimum atomic E-state index is -2.66. The highest BCUT2D eigenvalue weighted by atomic mass is 35.5. The Hall–Kier alpha value is -2.54. The van der Waals surface area contributed by atoms with Crippen molar-refractivity contribution < 1.29 is 23.5 Å². The molecule has 30 heavy (non-hydrogen) atoms. The van der Waals surface area contributed by atoms with Gasteiger partial charge in [-0.3, -0.25) is 14.6 Å². The molecule has 8 heteroatoms. The van der Waals surface area contributed by atoms with Gasteiger partial charge in [0.05, 0.1) is 29.6 Å². The van der Waals surface area contributed by atoms with Crippen LogP contribution in [0.2, 0.25) is 5.02 Å². The van der Waals surface area contributed by atoms with Crippen LogP contribution in [0.25, 0.3) is 0 Å². The van der Waals surface area contributed by atoms with Crippen LogP contribution in [-0.2, 0) is 9.59 Å². The number of carbonyl (C=O) groups is 2. The highest BCUT2D eigenvalue weighted by Crippen LogP contribution is 2.47. The van der Waals surface area contributed by atoms with Gasteiger partial charge in [-0.15, -0.1) is 0 Å². The molecular formula is C22H23ClF2N2O3. The maximum absolute atomic E-state index is 13.6. The second kappa shape index (κ2) is 9.08. The van der Waals surface area contributed by atoms with E-state index < -0.39 is 42.2 Å². The largest absolute Gasteiger partial charge is 0.481 e. The summed E-state index contributed by atoms with van der Waals surface area (Å²) in [6.07, 6.45) is -1.33. The second-order valence-electron chi connectivity index (χ2n) is 7.85. The van der Waals surface area contributed by atoms with Crippen LogP contribution in [0.5, 0.6) is 0 Å². The van der Waals surface area contributed by atoms with Gasteiger partial charge in [0.2, 0.25) is 12.3 Å². The number of halogens is 3. The van der Waals surface area contributed by atoms with Crippen LogP contribution in [-0.4, -0.2) is 33.3 Å². The number of benzene rings is 1. The molecule has 1 aromatic carbocycles. The van der Waals surface area contributed by atoms with Gasteiger partial charge in [0, 0.05) is 17.6 Å². The number of piperidine rings is 1. The lowest BCUT2D eigenvalue weighted by molar-refractivity contribution is -0.160. The summed E-state index contributed by atoms with van der Waals surface area (Å²) in [6.45, 7) is 1.59. The van der Waals surface area contributed by atoms with Gasteiger partial charge in [-0.05, 0) is 42.7 Å². The van der Waals surface area contributed by atoms with Crippen molar-refractivity contribution in [2.45, 2.75) is 51.1 Å². The molecule has 1 amide bonds. The summed E-state index contributed by atoms with van der Waals surface area (Å²) in [5.74, 6) is -1.55. The standard InChI is InChI=1S/C22H23ClF2N2O3/c1-22(13-20(28)29)10-9-17(14-5-7-15(23)8-6-14)27(21(22)30)18(12-19(24)25)16-4-2-3-11-26-16/h2-8,11,17-19H,9-10,12-13H2,1H3,(H,28,29)/t17?,18-,22+/m0/s1. The fourth-order valence-corrected chi connectivity index (χ4v) is 4.27. The van der Waals surface area contributed by atoms with Gasteiger partial charge in [0.1, 0.15) is 0 Å². The van der Waals surface area contributed by atoms with E-state index in [1.807, 2.05) is 0 Å². The van der Waals surface area contributed by atoms with Crippen molar-refractivity contribution in [2.24, 2.45) is 5.41 Å². The Kier molecular flexibility index (Phi) is 6.71. The summed E-state index contributed by atoms with van der Waals surface area (Å²) in [5.41, 5.74) is -0.0609. The lowest BCUT2D eigenvalue weighted by Crippen LogP contribution is -2.51. The fourth-order valence-electron chi connectivity index (χ4n) is 4.14. The van der Waals surface area contributed by atoms with Gasteiger partial charge in [0.15, 0.2) is 0 Å². The third-order valence-corrected chi connectivity index (χ3v) is 5.87. The number of aliphatic carboxylic acids is 1. The van der Waals surface area contributed by atoms with E-state index >= 15 is 0 Å². The van der Waals surface area contributed by atoms with Crippen molar-refractivity contribution >= 4 is 23.5 Å². The molecule has 3 rings (SSSR count). The third kappa shape index (κ3) is 4.78. The van der Waals surface area contributed by atoms with E-state index in [0.717, 1.165) is 5.56 Å². The molecule has 1 saturated heterocycles. The molecule has 0 bridgehead atoms. The molecule has 160 valence electrons. The predicted molar refractivity (Wildman–Crippen MR) is 108 cm³/mol. The van der Waals surface area contributed by atoms with Crippen molar-refractivity contribution in [2.75, 3.05) is 0 Å². The lowest BCUT2D eigenvalue weighted by atomic mass is 9.74. The molecule has 5 nitrogen and oxygen atoms in total. The number of carboxylic acid groups (broad SMARTS) is 1. The minimum absolute atomic E-state index is 0.339. The molecule has 0 spiro atoms. The molecule has 1 fully saturated rings. The van der Waals surface area contributed by atoms with Crippen LogP contribution in [0.1, 0.15) is 55.9 Å². The van der Waals surface area contributed by atoms with Crippen molar-refractivity contribution in [1.82, 2.24) is 9.88 Å². The molecule has 1 N–H and O–H groups in total. The Morgan fingerprint density at radius 2 is 2.00 bits per heavy atom. The van der Waals surface area contributed by atoms with Gasteiger partial charge in [-0.25, -0.2) is 8.78 Å². The summed E-state index contributed by atoms with van der Waals surface area (Å²) in [4.78, 5) is 30.7. The first-order valence-corrected chi connectivity index (χ1v) is 10.1.